The number of nitro groups is 1. The van der Waals surface area contributed by atoms with Crippen LogP contribution in [0.1, 0.15) is 6.92 Å². The Morgan fingerprint density at radius 3 is 2.68 bits per heavy atom. The number of carbonyl (C=O) groups excluding carboxylic acids is 2. The number of hydrogen-bond acceptors (Lipinski definition) is 8. The molecule has 2 heterocycles. The molecule has 1 N–H and O–H groups in total. The zero-order valence-electron chi connectivity index (χ0n) is 18.1. The quantitative estimate of drug-likeness (QED) is 0.243. The Morgan fingerprint density at radius 2 is 1.94 bits per heavy atom. The van der Waals surface area contributed by atoms with Crippen molar-refractivity contribution in [2.24, 2.45) is 7.05 Å². The average Bonchev–Trinajstić information content (AvgIpc) is 3.38. The number of amides is 1. The van der Waals surface area contributed by atoms with Gasteiger partial charge in [-0.3, -0.25) is 34.2 Å². The first-order valence-electron chi connectivity index (χ1n) is 10.1. The maximum absolute atomic E-state index is 12.5. The summed E-state index contributed by atoms with van der Waals surface area (Å²) in [7, 11) is 1.61. The Morgan fingerprint density at radius 1 is 1.21 bits per heavy atom. The van der Waals surface area contributed by atoms with E-state index in [4.69, 9.17) is 4.74 Å². The number of nitrogens with one attached hydrogen (secondary N) is 1. The third-order valence-electron chi connectivity index (χ3n) is 5.10. The Bertz CT molecular complexity index is 1470. The van der Waals surface area contributed by atoms with Gasteiger partial charge in [0.2, 0.25) is 0 Å². The third-order valence-corrected chi connectivity index (χ3v) is 5.86. The summed E-state index contributed by atoms with van der Waals surface area (Å²) in [6.07, 6.45) is -1.14. The number of ether oxygens (including phenoxy) is 1. The SMILES string of the molecule is CC(OC(=O)Cn1c(=O)n(C)c2ccccc21)C(=O)Nc1nc(-c2cccc([N+](=O)[O-])c2)cs1. The van der Waals surface area contributed by atoms with Gasteiger partial charge < -0.3 is 4.74 Å². The molecule has 1 atom stereocenters. The second-order valence-corrected chi connectivity index (χ2v) is 8.24. The number of hydrogen-bond donors (Lipinski definition) is 1. The Balaban J connectivity index is 1.40. The van der Waals surface area contributed by atoms with Gasteiger partial charge in [0.25, 0.3) is 11.6 Å². The number of fused-ring (bicyclic) bond motifs is 1. The summed E-state index contributed by atoms with van der Waals surface area (Å²) in [5.74, 6) is -1.34. The number of nitro benzene ring substituents is 1. The largest absolute Gasteiger partial charge is 0.451 e. The number of para-hydroxylation sites is 2. The van der Waals surface area contributed by atoms with Crippen LogP contribution in [0, 0.1) is 10.1 Å². The molecule has 0 saturated heterocycles. The summed E-state index contributed by atoms with van der Waals surface area (Å²) in [4.78, 5) is 52.1. The van der Waals surface area contributed by atoms with E-state index in [1.54, 1.807) is 48.8 Å². The molecule has 0 spiro atoms. The summed E-state index contributed by atoms with van der Waals surface area (Å²) >= 11 is 1.13. The fraction of sp³-hybridized carbons (Fsp3) is 0.182. The molecule has 11 nitrogen and oxygen atoms in total. The Kier molecular flexibility index (Phi) is 6.23. The van der Waals surface area contributed by atoms with Crippen molar-refractivity contribution in [2.45, 2.75) is 19.6 Å². The van der Waals surface area contributed by atoms with E-state index in [2.05, 4.69) is 10.3 Å². The molecular weight excluding hydrogens is 462 g/mol. The first kappa shape index (κ1) is 22.9. The van der Waals surface area contributed by atoms with E-state index in [-0.39, 0.29) is 23.1 Å². The molecule has 34 heavy (non-hydrogen) atoms. The molecule has 0 bridgehead atoms. The second-order valence-electron chi connectivity index (χ2n) is 7.38. The van der Waals surface area contributed by atoms with E-state index in [1.165, 1.54) is 28.2 Å². The van der Waals surface area contributed by atoms with E-state index >= 15 is 0 Å². The number of thiazole rings is 1. The molecule has 0 saturated carbocycles. The van der Waals surface area contributed by atoms with Gasteiger partial charge in [0.05, 0.1) is 21.7 Å². The Labute approximate surface area is 196 Å². The summed E-state index contributed by atoms with van der Waals surface area (Å²) in [5.41, 5.74) is 1.82. The van der Waals surface area contributed by atoms with Crippen molar-refractivity contribution < 1.29 is 19.2 Å². The fourth-order valence-electron chi connectivity index (χ4n) is 3.38. The topological polar surface area (TPSA) is 138 Å². The lowest BCUT2D eigenvalue weighted by atomic mass is 10.1. The molecule has 4 rings (SSSR count). The summed E-state index contributed by atoms with van der Waals surface area (Å²) in [6.45, 7) is 1.07. The molecule has 0 fully saturated rings. The van der Waals surface area contributed by atoms with Crippen molar-refractivity contribution in [2.75, 3.05) is 5.32 Å². The highest BCUT2D eigenvalue weighted by atomic mass is 32.1. The maximum atomic E-state index is 12.5. The predicted molar refractivity (Wildman–Crippen MR) is 126 cm³/mol. The van der Waals surface area contributed by atoms with Gasteiger partial charge in [-0.05, 0) is 19.1 Å². The van der Waals surface area contributed by atoms with Crippen molar-refractivity contribution in [3.05, 3.63) is 74.5 Å². The highest BCUT2D eigenvalue weighted by Gasteiger charge is 2.21. The van der Waals surface area contributed by atoms with Gasteiger partial charge in [-0.25, -0.2) is 9.78 Å². The zero-order valence-corrected chi connectivity index (χ0v) is 18.9. The highest BCUT2D eigenvalue weighted by molar-refractivity contribution is 7.14. The van der Waals surface area contributed by atoms with Gasteiger partial charge in [-0.15, -0.1) is 11.3 Å². The number of aromatic nitrogens is 3. The molecule has 0 aliphatic carbocycles. The van der Waals surface area contributed by atoms with Crippen LogP contribution in [0.4, 0.5) is 10.8 Å². The second kappa shape index (κ2) is 9.27. The number of imidazole rings is 1. The van der Waals surface area contributed by atoms with Crippen molar-refractivity contribution in [3.63, 3.8) is 0 Å². The number of nitrogens with zero attached hydrogens (tertiary/aromatic N) is 4. The first-order chi connectivity index (χ1) is 16.2. The molecule has 0 aliphatic heterocycles. The monoisotopic (exact) mass is 481 g/mol. The van der Waals surface area contributed by atoms with E-state index in [1.807, 2.05) is 0 Å². The van der Waals surface area contributed by atoms with Crippen LogP contribution in [0.5, 0.6) is 0 Å². The lowest BCUT2D eigenvalue weighted by Gasteiger charge is -2.12. The molecule has 12 heteroatoms. The minimum Gasteiger partial charge on any atom is -0.451 e. The van der Waals surface area contributed by atoms with Gasteiger partial charge in [0, 0.05) is 30.1 Å². The van der Waals surface area contributed by atoms with Crippen molar-refractivity contribution in [3.8, 4) is 11.3 Å². The standard InChI is InChI=1S/C22H19N5O6S/c1-13(33-19(28)11-26-18-9-4-3-8-17(18)25(2)22(26)30)20(29)24-21-23-16(12-34-21)14-6-5-7-15(10-14)27(31)32/h3-10,12-13H,11H2,1-2H3,(H,23,24,29). The van der Waals surface area contributed by atoms with Gasteiger partial charge in [0.1, 0.15) is 6.54 Å². The van der Waals surface area contributed by atoms with Crippen LogP contribution in [0.25, 0.3) is 22.3 Å². The van der Waals surface area contributed by atoms with Crippen LogP contribution in [-0.4, -0.2) is 37.0 Å². The number of non-ortho nitro benzene ring substituents is 1. The molecule has 0 aliphatic rings. The number of anilines is 1. The van der Waals surface area contributed by atoms with Crippen molar-refractivity contribution in [1.82, 2.24) is 14.1 Å². The van der Waals surface area contributed by atoms with E-state index in [9.17, 15) is 24.5 Å². The lowest BCUT2D eigenvalue weighted by molar-refractivity contribution is -0.384. The highest BCUT2D eigenvalue weighted by Crippen LogP contribution is 2.27. The number of carbonyl (C=O) groups is 2. The van der Waals surface area contributed by atoms with E-state index < -0.39 is 22.9 Å². The number of rotatable bonds is 7. The molecular formula is C22H19N5O6S. The summed E-state index contributed by atoms with van der Waals surface area (Å²) in [5, 5.41) is 15.4. The minimum atomic E-state index is -1.14. The van der Waals surface area contributed by atoms with Crippen molar-refractivity contribution in [1.29, 1.82) is 0 Å². The van der Waals surface area contributed by atoms with E-state index in [0.29, 0.717) is 22.3 Å². The molecule has 1 unspecified atom stereocenters. The summed E-state index contributed by atoms with van der Waals surface area (Å²) in [6, 6.07) is 13.0. The van der Waals surface area contributed by atoms with Crippen LogP contribution in [-0.2, 0) is 27.9 Å². The summed E-state index contributed by atoms with van der Waals surface area (Å²) < 4.78 is 7.93. The lowest BCUT2D eigenvalue weighted by Crippen LogP contribution is -2.33. The third kappa shape index (κ3) is 4.57. The van der Waals surface area contributed by atoms with E-state index in [0.717, 1.165) is 11.3 Å². The molecule has 0 radical (unpaired) electrons. The number of esters is 1. The number of aryl methyl sites for hydroxylation is 1. The van der Waals surface area contributed by atoms with Gasteiger partial charge in [-0.1, -0.05) is 24.3 Å². The van der Waals surface area contributed by atoms with Crippen LogP contribution < -0.4 is 11.0 Å². The molecule has 4 aromatic rings. The first-order valence-corrected chi connectivity index (χ1v) is 11.0. The molecule has 174 valence electrons. The molecule has 2 aromatic heterocycles. The molecule has 2 aromatic carbocycles. The predicted octanol–water partition coefficient (Wildman–Crippen LogP) is 2.94. The maximum Gasteiger partial charge on any atom is 0.329 e. The normalized spacial score (nSPS) is 11.8. The number of benzene rings is 2. The van der Waals surface area contributed by atoms with Crippen molar-refractivity contribution >= 4 is 45.1 Å². The minimum absolute atomic E-state index is 0.0677. The van der Waals surface area contributed by atoms with Crippen LogP contribution in [0.2, 0.25) is 0 Å². The van der Waals surface area contributed by atoms with Crippen LogP contribution >= 0.6 is 11.3 Å². The molecule has 1 amide bonds. The smallest absolute Gasteiger partial charge is 0.329 e. The van der Waals surface area contributed by atoms with Crippen LogP contribution in [0.15, 0.2) is 58.7 Å². The average molecular weight is 481 g/mol. The van der Waals surface area contributed by atoms with Gasteiger partial charge >= 0.3 is 11.7 Å². The fourth-order valence-corrected chi connectivity index (χ4v) is 4.11. The van der Waals surface area contributed by atoms with Gasteiger partial charge in [0.15, 0.2) is 11.2 Å². The van der Waals surface area contributed by atoms with Gasteiger partial charge in [-0.2, -0.15) is 0 Å². The zero-order chi connectivity index (χ0) is 24.4. The Hall–Kier alpha value is -4.32. The van der Waals surface area contributed by atoms with Crippen LogP contribution in [0.3, 0.4) is 0 Å².